The Morgan fingerprint density at radius 1 is 1.64 bits per heavy atom. The van der Waals surface area contributed by atoms with Crippen LogP contribution in [0.2, 0.25) is 0 Å². The monoisotopic (exact) mass is 151 g/mol. The molecule has 0 aromatic carbocycles. The van der Waals surface area contributed by atoms with Crippen molar-refractivity contribution in [1.29, 1.82) is 0 Å². The zero-order chi connectivity index (χ0) is 7.84. The van der Waals surface area contributed by atoms with Crippen molar-refractivity contribution in [3.63, 3.8) is 0 Å². The first-order valence-corrected chi connectivity index (χ1v) is 3.01. The average molecular weight is 151 g/mol. The minimum absolute atomic E-state index is 0.280. The standard InChI is InChI=1S/C5H5N5O/c1-10-4-3(6-2-7-10)5(11)9-8-4/h2H,1H3,(H,9,11). The van der Waals surface area contributed by atoms with E-state index in [0.29, 0.717) is 11.5 Å². The largest absolute Gasteiger partial charge is 0.294 e. The van der Waals surface area contributed by atoms with Crippen LogP contribution < -0.4 is 5.56 Å². The molecular formula is C5H5N5O. The van der Waals surface area contributed by atoms with Crippen LogP contribution in [0, 0.1) is 0 Å². The van der Waals surface area contributed by atoms with Gasteiger partial charge in [0.2, 0.25) is 5.82 Å². The summed E-state index contributed by atoms with van der Waals surface area (Å²) in [5.74, 6) is 0.470. The van der Waals surface area contributed by atoms with Crippen molar-refractivity contribution in [3.05, 3.63) is 16.7 Å². The molecule has 2 aliphatic heterocycles. The molecule has 2 rings (SSSR count). The Morgan fingerprint density at radius 2 is 2.45 bits per heavy atom. The van der Waals surface area contributed by atoms with Gasteiger partial charge in [-0.1, -0.05) is 0 Å². The molecule has 1 N–H and O–H groups in total. The zero-order valence-electron chi connectivity index (χ0n) is 5.77. The third kappa shape index (κ3) is 0.721. The number of hydrogen-bond donors (Lipinski definition) is 1. The van der Waals surface area contributed by atoms with Crippen molar-refractivity contribution in [3.8, 4) is 11.5 Å². The maximum Gasteiger partial charge on any atom is 0.294 e. The van der Waals surface area contributed by atoms with Crippen LogP contribution in [-0.4, -0.2) is 25.0 Å². The fourth-order valence-electron chi connectivity index (χ4n) is 0.869. The van der Waals surface area contributed by atoms with Gasteiger partial charge in [0.1, 0.15) is 6.33 Å². The van der Waals surface area contributed by atoms with E-state index in [2.05, 4.69) is 20.3 Å². The van der Waals surface area contributed by atoms with Crippen LogP contribution >= 0.6 is 0 Å². The fraction of sp³-hybridized carbons (Fsp3) is 0.200. The Bertz CT molecular complexity index is 402. The number of aromatic amines is 1. The molecule has 0 saturated carbocycles. The summed E-state index contributed by atoms with van der Waals surface area (Å²) < 4.78 is 1.49. The Labute approximate surface area is 61.2 Å². The van der Waals surface area contributed by atoms with Crippen LogP contribution in [-0.2, 0) is 7.05 Å². The van der Waals surface area contributed by atoms with E-state index in [-0.39, 0.29) is 5.56 Å². The fourth-order valence-corrected chi connectivity index (χ4v) is 0.869. The highest BCUT2D eigenvalue weighted by atomic mass is 16.1. The van der Waals surface area contributed by atoms with Gasteiger partial charge in [-0.2, -0.15) is 10.2 Å². The van der Waals surface area contributed by atoms with Crippen molar-refractivity contribution in [2.45, 2.75) is 0 Å². The van der Waals surface area contributed by atoms with E-state index in [1.54, 1.807) is 7.05 Å². The molecule has 11 heavy (non-hydrogen) atoms. The van der Waals surface area contributed by atoms with Gasteiger partial charge in [-0.15, -0.1) is 0 Å². The molecule has 0 amide bonds. The van der Waals surface area contributed by atoms with Crippen LogP contribution in [0.4, 0.5) is 0 Å². The van der Waals surface area contributed by atoms with Crippen LogP contribution in [0.3, 0.4) is 0 Å². The number of aromatic nitrogens is 5. The van der Waals surface area contributed by atoms with Crippen LogP contribution in [0.1, 0.15) is 0 Å². The van der Waals surface area contributed by atoms with Crippen molar-refractivity contribution in [2.75, 3.05) is 0 Å². The second kappa shape index (κ2) is 1.88. The lowest BCUT2D eigenvalue weighted by molar-refractivity contribution is 0.710. The summed E-state index contributed by atoms with van der Waals surface area (Å²) in [6.45, 7) is 0. The van der Waals surface area contributed by atoms with Crippen molar-refractivity contribution >= 4 is 0 Å². The first kappa shape index (κ1) is 6.02. The lowest BCUT2D eigenvalue weighted by Gasteiger charge is -1.97. The van der Waals surface area contributed by atoms with Gasteiger partial charge in [0.05, 0.1) is 0 Å². The molecule has 0 spiro atoms. The van der Waals surface area contributed by atoms with Gasteiger partial charge in [0, 0.05) is 7.05 Å². The molecule has 2 aliphatic rings. The van der Waals surface area contributed by atoms with Gasteiger partial charge in [0.25, 0.3) is 5.56 Å². The number of rotatable bonds is 0. The summed E-state index contributed by atoms with van der Waals surface area (Å²) in [4.78, 5) is 14.7. The van der Waals surface area contributed by atoms with E-state index in [0.717, 1.165) is 0 Å². The van der Waals surface area contributed by atoms with Crippen LogP contribution in [0.25, 0.3) is 11.5 Å². The van der Waals surface area contributed by atoms with E-state index in [9.17, 15) is 4.79 Å². The number of aryl methyl sites for hydroxylation is 1. The molecule has 0 aromatic rings. The quantitative estimate of drug-likeness (QED) is 0.524. The van der Waals surface area contributed by atoms with Crippen LogP contribution in [0.15, 0.2) is 11.1 Å². The second-order valence-corrected chi connectivity index (χ2v) is 2.11. The Kier molecular flexibility index (Phi) is 1.03. The molecule has 2 heterocycles. The normalized spacial score (nSPS) is 10.6. The topological polar surface area (TPSA) is 76.5 Å². The van der Waals surface area contributed by atoms with Crippen molar-refractivity contribution in [1.82, 2.24) is 25.0 Å². The molecule has 0 fully saturated rings. The molecule has 6 nitrogen and oxygen atoms in total. The van der Waals surface area contributed by atoms with Crippen molar-refractivity contribution < 1.29 is 0 Å². The molecule has 0 atom stereocenters. The highest BCUT2D eigenvalue weighted by Gasteiger charge is 2.12. The van der Waals surface area contributed by atoms with Gasteiger partial charge < -0.3 is 0 Å². The predicted molar refractivity (Wildman–Crippen MR) is 36.0 cm³/mol. The highest BCUT2D eigenvalue weighted by Crippen LogP contribution is 2.04. The molecule has 0 aliphatic carbocycles. The molecule has 0 aromatic heterocycles. The number of nitrogens with one attached hydrogen (secondary N) is 1. The minimum atomic E-state index is -0.280. The summed E-state index contributed by atoms with van der Waals surface area (Å²) in [6.07, 6.45) is 1.32. The summed E-state index contributed by atoms with van der Waals surface area (Å²) in [7, 11) is 1.70. The number of hydrogen-bond acceptors (Lipinski definition) is 4. The SMILES string of the molecule is Cn1ncnc2c(=O)[nH]nc1-2. The third-order valence-corrected chi connectivity index (χ3v) is 1.41. The smallest absolute Gasteiger partial charge is 0.265 e. The second-order valence-electron chi connectivity index (χ2n) is 2.11. The van der Waals surface area contributed by atoms with E-state index in [1.807, 2.05) is 0 Å². The maximum absolute atomic E-state index is 10.9. The first-order valence-electron chi connectivity index (χ1n) is 3.01. The van der Waals surface area contributed by atoms with E-state index >= 15 is 0 Å². The lowest BCUT2D eigenvalue weighted by Crippen LogP contribution is -2.08. The molecule has 0 saturated heterocycles. The Hall–Kier alpha value is -1.72. The van der Waals surface area contributed by atoms with Gasteiger partial charge in [0.15, 0.2) is 5.69 Å². The molecule has 0 radical (unpaired) electrons. The van der Waals surface area contributed by atoms with Crippen molar-refractivity contribution in [2.24, 2.45) is 7.05 Å². The summed E-state index contributed by atoms with van der Waals surface area (Å²) in [6, 6.07) is 0. The first-order chi connectivity index (χ1) is 5.29. The zero-order valence-corrected chi connectivity index (χ0v) is 5.77. The molecule has 6 heteroatoms. The van der Waals surface area contributed by atoms with Gasteiger partial charge in [-0.05, 0) is 0 Å². The average Bonchev–Trinajstić information content (AvgIpc) is 2.35. The Balaban J connectivity index is 2.90. The molecule has 0 bridgehead atoms. The molecule has 56 valence electrons. The van der Waals surface area contributed by atoms with Gasteiger partial charge in [-0.3, -0.25) is 4.79 Å². The maximum atomic E-state index is 10.9. The number of fused-ring (bicyclic) bond motifs is 1. The minimum Gasteiger partial charge on any atom is -0.265 e. The van der Waals surface area contributed by atoms with E-state index < -0.39 is 0 Å². The third-order valence-electron chi connectivity index (χ3n) is 1.41. The molecule has 0 unspecified atom stereocenters. The molecular weight excluding hydrogens is 146 g/mol. The predicted octanol–water partition coefficient (Wildman–Crippen LogP) is -0.997. The van der Waals surface area contributed by atoms with E-state index in [1.165, 1.54) is 11.0 Å². The Morgan fingerprint density at radius 3 is 3.18 bits per heavy atom. The summed E-state index contributed by atoms with van der Waals surface area (Å²) in [5, 5.41) is 9.81. The number of H-pyrrole nitrogens is 1. The highest BCUT2D eigenvalue weighted by molar-refractivity contribution is 5.46. The number of nitrogens with zero attached hydrogens (tertiary/aromatic N) is 4. The van der Waals surface area contributed by atoms with Gasteiger partial charge in [-0.25, -0.2) is 14.8 Å². The van der Waals surface area contributed by atoms with E-state index in [4.69, 9.17) is 0 Å². The summed E-state index contributed by atoms with van der Waals surface area (Å²) >= 11 is 0. The van der Waals surface area contributed by atoms with Gasteiger partial charge >= 0.3 is 0 Å². The lowest BCUT2D eigenvalue weighted by atomic mass is 10.4. The van der Waals surface area contributed by atoms with Crippen LogP contribution in [0.5, 0.6) is 0 Å². The summed E-state index contributed by atoms with van der Waals surface area (Å²) in [5.41, 5.74) is 0.0421.